The molecule has 1 aliphatic rings. The SMILES string of the molecule is O=C1N[C@H]1[C@@H]([C@@H](O)Cc1ccccc1)C(F)(F)F. The van der Waals surface area contributed by atoms with Crippen LogP contribution in [0.1, 0.15) is 5.56 Å². The van der Waals surface area contributed by atoms with Crippen LogP contribution in [0, 0.1) is 5.92 Å². The molecule has 2 rings (SSSR count). The van der Waals surface area contributed by atoms with Crippen LogP contribution in [0.15, 0.2) is 30.3 Å². The highest BCUT2D eigenvalue weighted by Gasteiger charge is 2.57. The monoisotopic (exact) mass is 259 g/mol. The van der Waals surface area contributed by atoms with E-state index in [4.69, 9.17) is 0 Å². The van der Waals surface area contributed by atoms with E-state index in [1.165, 1.54) is 0 Å². The minimum Gasteiger partial charge on any atom is -0.392 e. The van der Waals surface area contributed by atoms with Crippen LogP contribution < -0.4 is 5.32 Å². The van der Waals surface area contributed by atoms with Crippen LogP contribution in [-0.4, -0.2) is 29.3 Å². The average molecular weight is 259 g/mol. The molecule has 1 heterocycles. The van der Waals surface area contributed by atoms with E-state index in [0.717, 1.165) is 0 Å². The van der Waals surface area contributed by atoms with Gasteiger partial charge in [0.05, 0.1) is 6.10 Å². The van der Waals surface area contributed by atoms with Crippen LogP contribution in [0.5, 0.6) is 0 Å². The second-order valence-corrected chi connectivity index (χ2v) is 4.31. The molecule has 2 N–H and O–H groups in total. The van der Waals surface area contributed by atoms with E-state index >= 15 is 0 Å². The summed E-state index contributed by atoms with van der Waals surface area (Å²) in [6.45, 7) is 0. The van der Waals surface area contributed by atoms with E-state index in [0.29, 0.717) is 5.56 Å². The first-order valence-corrected chi connectivity index (χ1v) is 5.48. The third-order valence-electron chi connectivity index (χ3n) is 2.94. The smallest absolute Gasteiger partial charge is 0.392 e. The van der Waals surface area contributed by atoms with Gasteiger partial charge >= 0.3 is 6.18 Å². The van der Waals surface area contributed by atoms with Crippen LogP contribution >= 0.6 is 0 Å². The van der Waals surface area contributed by atoms with Crippen molar-refractivity contribution in [2.24, 2.45) is 5.92 Å². The van der Waals surface area contributed by atoms with Gasteiger partial charge in [-0.3, -0.25) is 4.79 Å². The molecule has 0 spiro atoms. The van der Waals surface area contributed by atoms with Crippen LogP contribution in [-0.2, 0) is 11.2 Å². The summed E-state index contributed by atoms with van der Waals surface area (Å²) in [6.07, 6.45) is -6.36. The molecular formula is C12H12F3NO2. The van der Waals surface area contributed by atoms with Crippen molar-refractivity contribution in [2.45, 2.75) is 24.7 Å². The largest absolute Gasteiger partial charge is 0.396 e. The van der Waals surface area contributed by atoms with Crippen LogP contribution in [0.4, 0.5) is 13.2 Å². The lowest BCUT2D eigenvalue weighted by atomic mass is 9.92. The molecule has 1 saturated heterocycles. The lowest BCUT2D eigenvalue weighted by Gasteiger charge is -2.23. The van der Waals surface area contributed by atoms with Crippen LogP contribution in [0.2, 0.25) is 0 Å². The third-order valence-corrected chi connectivity index (χ3v) is 2.94. The molecule has 1 aliphatic heterocycles. The van der Waals surface area contributed by atoms with Gasteiger partial charge in [0.1, 0.15) is 12.0 Å². The predicted molar refractivity (Wildman–Crippen MR) is 57.6 cm³/mol. The van der Waals surface area contributed by atoms with Crippen molar-refractivity contribution in [2.75, 3.05) is 0 Å². The molecule has 18 heavy (non-hydrogen) atoms. The number of hydrogen-bond acceptors (Lipinski definition) is 2. The number of hydrogen-bond donors (Lipinski definition) is 2. The molecule has 3 atom stereocenters. The van der Waals surface area contributed by atoms with E-state index in [1.807, 2.05) is 0 Å². The van der Waals surface area contributed by atoms with Crippen molar-refractivity contribution in [3.8, 4) is 0 Å². The van der Waals surface area contributed by atoms with Crippen molar-refractivity contribution in [3.63, 3.8) is 0 Å². The fourth-order valence-electron chi connectivity index (χ4n) is 1.98. The number of carbonyl (C=O) groups is 1. The second-order valence-electron chi connectivity index (χ2n) is 4.31. The Labute approximate surface area is 102 Å². The summed E-state index contributed by atoms with van der Waals surface area (Å²) in [7, 11) is 0. The molecule has 1 aromatic carbocycles. The van der Waals surface area contributed by atoms with Crippen molar-refractivity contribution >= 4 is 5.91 Å². The molecule has 0 radical (unpaired) electrons. The predicted octanol–water partition coefficient (Wildman–Crippen LogP) is 1.27. The summed E-state index contributed by atoms with van der Waals surface area (Å²) in [5.41, 5.74) is 0.604. The van der Waals surface area contributed by atoms with Crippen molar-refractivity contribution in [1.82, 2.24) is 5.32 Å². The summed E-state index contributed by atoms with van der Waals surface area (Å²) in [5, 5.41) is 11.8. The van der Waals surface area contributed by atoms with E-state index in [9.17, 15) is 23.1 Å². The Hall–Kier alpha value is -1.56. The van der Waals surface area contributed by atoms with Gasteiger partial charge in [0.15, 0.2) is 0 Å². The quantitative estimate of drug-likeness (QED) is 0.800. The number of alkyl halides is 3. The Morgan fingerprint density at radius 3 is 2.28 bits per heavy atom. The van der Waals surface area contributed by atoms with Gasteiger partial charge in [-0.15, -0.1) is 0 Å². The highest BCUT2D eigenvalue weighted by molar-refractivity contribution is 5.97. The molecule has 3 nitrogen and oxygen atoms in total. The Balaban J connectivity index is 2.09. The van der Waals surface area contributed by atoms with Gasteiger partial charge in [-0.2, -0.15) is 13.2 Å². The molecule has 0 bridgehead atoms. The van der Waals surface area contributed by atoms with E-state index < -0.39 is 30.1 Å². The molecule has 1 fully saturated rings. The summed E-state index contributed by atoms with van der Waals surface area (Å²) in [6, 6.07) is 7.08. The van der Waals surface area contributed by atoms with Gasteiger partial charge in [-0.05, 0) is 12.0 Å². The van der Waals surface area contributed by atoms with Crippen molar-refractivity contribution in [3.05, 3.63) is 35.9 Å². The number of aliphatic hydroxyl groups excluding tert-OH is 1. The number of halogens is 3. The third kappa shape index (κ3) is 2.81. The first-order chi connectivity index (χ1) is 8.39. The zero-order chi connectivity index (χ0) is 13.3. The molecule has 1 amide bonds. The maximum atomic E-state index is 12.8. The highest BCUT2D eigenvalue weighted by Crippen LogP contribution is 2.36. The van der Waals surface area contributed by atoms with E-state index in [2.05, 4.69) is 5.32 Å². The Morgan fingerprint density at radius 1 is 1.28 bits per heavy atom. The Morgan fingerprint density at radius 2 is 1.83 bits per heavy atom. The second kappa shape index (κ2) is 4.61. The van der Waals surface area contributed by atoms with Gasteiger partial charge in [0.2, 0.25) is 5.91 Å². The van der Waals surface area contributed by atoms with Gasteiger partial charge < -0.3 is 10.4 Å². The molecule has 0 saturated carbocycles. The molecule has 98 valence electrons. The van der Waals surface area contributed by atoms with Crippen molar-refractivity contribution in [1.29, 1.82) is 0 Å². The van der Waals surface area contributed by atoms with Gasteiger partial charge in [-0.25, -0.2) is 0 Å². The molecular weight excluding hydrogens is 247 g/mol. The van der Waals surface area contributed by atoms with E-state index in [1.54, 1.807) is 30.3 Å². The Bertz CT molecular complexity index is 433. The normalized spacial score (nSPS) is 22.2. The highest BCUT2D eigenvalue weighted by atomic mass is 19.4. The lowest BCUT2D eigenvalue weighted by Crippen LogP contribution is -2.40. The van der Waals surface area contributed by atoms with E-state index in [-0.39, 0.29) is 6.42 Å². The van der Waals surface area contributed by atoms with Crippen LogP contribution in [0.3, 0.4) is 0 Å². The number of amides is 1. The number of nitrogens with one attached hydrogen (secondary N) is 1. The molecule has 0 aliphatic carbocycles. The first kappa shape index (κ1) is 12.9. The fourth-order valence-corrected chi connectivity index (χ4v) is 1.98. The molecule has 0 unspecified atom stereocenters. The summed E-state index contributed by atoms with van der Waals surface area (Å²) >= 11 is 0. The summed E-state index contributed by atoms with van der Waals surface area (Å²) in [5.74, 6) is -2.71. The lowest BCUT2D eigenvalue weighted by molar-refractivity contribution is -0.199. The number of carbonyl (C=O) groups excluding carboxylic acids is 1. The minimum atomic E-state index is -4.60. The number of benzene rings is 1. The van der Waals surface area contributed by atoms with Crippen molar-refractivity contribution < 1.29 is 23.1 Å². The fraction of sp³-hybridized carbons (Fsp3) is 0.417. The summed E-state index contributed by atoms with van der Waals surface area (Å²) in [4.78, 5) is 10.8. The Kier molecular flexibility index (Phi) is 3.30. The number of rotatable bonds is 4. The van der Waals surface area contributed by atoms with Crippen LogP contribution in [0.25, 0.3) is 0 Å². The minimum absolute atomic E-state index is 0.128. The standard InChI is InChI=1S/C12H12F3NO2/c13-12(14,15)9(10-11(18)16-10)8(17)6-7-4-2-1-3-5-7/h1-5,8-10,17H,6H2,(H,16,18)/t8-,9+,10-/m0/s1. The molecule has 0 aromatic heterocycles. The van der Waals surface area contributed by atoms with Gasteiger partial charge in [0.25, 0.3) is 0 Å². The maximum Gasteiger partial charge on any atom is 0.396 e. The average Bonchev–Trinajstić information content (AvgIpc) is 2.94. The summed E-state index contributed by atoms with van der Waals surface area (Å²) < 4.78 is 38.4. The molecule has 6 heteroatoms. The first-order valence-electron chi connectivity index (χ1n) is 5.48. The number of aliphatic hydroxyl groups is 1. The zero-order valence-corrected chi connectivity index (χ0v) is 9.32. The zero-order valence-electron chi connectivity index (χ0n) is 9.32. The van der Waals surface area contributed by atoms with Gasteiger partial charge in [-0.1, -0.05) is 30.3 Å². The maximum absolute atomic E-state index is 12.8. The molecule has 1 aromatic rings. The van der Waals surface area contributed by atoms with Gasteiger partial charge in [0, 0.05) is 0 Å². The topological polar surface area (TPSA) is 59.2 Å².